The van der Waals surface area contributed by atoms with Gasteiger partial charge in [-0.15, -0.1) is 0 Å². The average Bonchev–Trinajstić information content (AvgIpc) is 2.98. The van der Waals surface area contributed by atoms with Crippen LogP contribution in [-0.2, 0) is 16.1 Å². The maximum Gasteiger partial charge on any atom is 0.293 e. The van der Waals surface area contributed by atoms with Gasteiger partial charge in [0.05, 0.1) is 23.0 Å². The van der Waals surface area contributed by atoms with E-state index in [0.29, 0.717) is 10.7 Å². The minimum absolute atomic E-state index is 0.0233. The maximum atomic E-state index is 12.4. The number of nitro benzene ring substituents is 1. The highest BCUT2D eigenvalue weighted by Crippen LogP contribution is 2.32. The lowest BCUT2D eigenvalue weighted by molar-refractivity contribution is -0.384. The number of hydrogen-bond acceptors (Lipinski definition) is 7. The summed E-state index contributed by atoms with van der Waals surface area (Å²) in [5.41, 5.74) is 1.54. The lowest BCUT2D eigenvalue weighted by Crippen LogP contribution is -2.31. The van der Waals surface area contributed by atoms with E-state index in [1.165, 1.54) is 19.2 Å². The van der Waals surface area contributed by atoms with Crippen molar-refractivity contribution in [1.82, 2.24) is 4.90 Å². The molecule has 0 bridgehead atoms. The number of rotatable bonds is 8. The molecule has 29 heavy (non-hydrogen) atoms. The van der Waals surface area contributed by atoms with E-state index in [-0.39, 0.29) is 36.6 Å². The molecule has 1 heterocycles. The van der Waals surface area contributed by atoms with Crippen LogP contribution in [0.15, 0.2) is 53.4 Å². The molecule has 3 rings (SSSR count). The van der Waals surface area contributed by atoms with Gasteiger partial charge in [-0.2, -0.15) is 0 Å². The first-order valence-corrected chi connectivity index (χ1v) is 9.50. The normalized spacial score (nSPS) is 15.2. The molecule has 9 heteroatoms. The summed E-state index contributed by atoms with van der Waals surface area (Å²) in [6.45, 7) is 0.753. The Morgan fingerprint density at radius 1 is 1.17 bits per heavy atom. The number of thioether (sulfide) groups is 1. The molecular formula is C20H18N2O6S. The molecule has 0 atom stereocenters. The Bertz CT molecular complexity index is 958. The number of imide groups is 1. The third-order valence-corrected chi connectivity index (χ3v) is 5.01. The standard InChI is InChI=1S/C20H18N2O6S/c1-27-10-9-21-19(23)18(29-20(21)24)12-15-3-2-4-17(11-15)28-13-14-5-7-16(8-6-14)22(25)26/h2-8,11-12H,9-10,13H2,1H3/b18-12+. The van der Waals surface area contributed by atoms with Crippen LogP contribution in [0.1, 0.15) is 11.1 Å². The topological polar surface area (TPSA) is 99.0 Å². The number of carbonyl (C=O) groups excluding carboxylic acids is 2. The zero-order chi connectivity index (χ0) is 20.8. The average molecular weight is 414 g/mol. The van der Waals surface area contributed by atoms with Crippen molar-refractivity contribution < 1.29 is 24.0 Å². The van der Waals surface area contributed by atoms with Crippen LogP contribution in [0.3, 0.4) is 0 Å². The summed E-state index contributed by atoms with van der Waals surface area (Å²) in [6, 6.07) is 13.2. The van der Waals surface area contributed by atoms with Crippen LogP contribution in [0.4, 0.5) is 10.5 Å². The highest BCUT2D eigenvalue weighted by Gasteiger charge is 2.34. The summed E-state index contributed by atoms with van der Waals surface area (Å²) in [7, 11) is 1.51. The van der Waals surface area contributed by atoms with Crippen LogP contribution in [-0.4, -0.2) is 41.2 Å². The van der Waals surface area contributed by atoms with Crippen LogP contribution in [0.5, 0.6) is 5.75 Å². The third-order valence-electron chi connectivity index (χ3n) is 4.10. The van der Waals surface area contributed by atoms with E-state index >= 15 is 0 Å². The molecule has 0 spiro atoms. The molecule has 2 aromatic carbocycles. The van der Waals surface area contributed by atoms with Crippen LogP contribution in [0, 0.1) is 10.1 Å². The second kappa shape index (κ2) is 9.35. The molecule has 0 aliphatic carbocycles. The molecule has 1 aliphatic rings. The third kappa shape index (κ3) is 5.21. The summed E-state index contributed by atoms with van der Waals surface area (Å²) in [6.07, 6.45) is 1.65. The molecule has 0 radical (unpaired) electrons. The maximum absolute atomic E-state index is 12.4. The molecule has 2 aromatic rings. The fourth-order valence-electron chi connectivity index (χ4n) is 2.60. The second-order valence-electron chi connectivity index (χ2n) is 6.11. The lowest BCUT2D eigenvalue weighted by Gasteiger charge is -2.10. The highest BCUT2D eigenvalue weighted by atomic mass is 32.2. The van der Waals surface area contributed by atoms with Crippen molar-refractivity contribution in [1.29, 1.82) is 0 Å². The summed E-state index contributed by atoms with van der Waals surface area (Å²) in [5.74, 6) is 0.241. The molecule has 2 amide bonds. The van der Waals surface area contributed by atoms with Crippen molar-refractivity contribution in [3.05, 3.63) is 74.7 Å². The SMILES string of the molecule is COCCN1C(=O)S/C(=C/c2cccc(OCc3ccc([N+](=O)[O-])cc3)c2)C1=O. The fraction of sp³-hybridized carbons (Fsp3) is 0.200. The number of methoxy groups -OCH3 is 1. The van der Waals surface area contributed by atoms with Gasteiger partial charge < -0.3 is 9.47 Å². The number of benzene rings is 2. The molecule has 8 nitrogen and oxygen atoms in total. The molecule has 0 N–H and O–H groups in total. The van der Waals surface area contributed by atoms with Crippen LogP contribution in [0.2, 0.25) is 0 Å². The first-order chi connectivity index (χ1) is 14.0. The Hall–Kier alpha value is -3.17. The molecule has 1 aliphatic heterocycles. The minimum Gasteiger partial charge on any atom is -0.489 e. The van der Waals surface area contributed by atoms with E-state index in [2.05, 4.69) is 0 Å². The highest BCUT2D eigenvalue weighted by molar-refractivity contribution is 8.18. The molecule has 1 saturated heterocycles. The van der Waals surface area contributed by atoms with Crippen molar-refractivity contribution in [2.75, 3.05) is 20.3 Å². The first-order valence-electron chi connectivity index (χ1n) is 8.68. The smallest absolute Gasteiger partial charge is 0.293 e. The molecule has 0 saturated carbocycles. The van der Waals surface area contributed by atoms with E-state index < -0.39 is 4.92 Å². The molecule has 150 valence electrons. The van der Waals surface area contributed by atoms with E-state index in [1.807, 2.05) is 6.07 Å². The Kier molecular flexibility index (Phi) is 6.63. The van der Waals surface area contributed by atoms with Gasteiger partial charge >= 0.3 is 0 Å². The van der Waals surface area contributed by atoms with Gasteiger partial charge in [0, 0.05) is 19.2 Å². The number of carbonyl (C=O) groups is 2. The van der Waals surface area contributed by atoms with E-state index in [1.54, 1.807) is 36.4 Å². The van der Waals surface area contributed by atoms with E-state index in [0.717, 1.165) is 27.8 Å². The molecule has 0 unspecified atom stereocenters. The number of amides is 2. The lowest BCUT2D eigenvalue weighted by atomic mass is 10.2. The number of non-ortho nitro benzene ring substituents is 1. The van der Waals surface area contributed by atoms with Crippen molar-refractivity contribution in [3.8, 4) is 5.75 Å². The predicted octanol–water partition coefficient (Wildman–Crippen LogP) is 3.86. The van der Waals surface area contributed by atoms with Gasteiger partial charge in [0.25, 0.3) is 16.8 Å². The van der Waals surface area contributed by atoms with Crippen molar-refractivity contribution >= 4 is 34.7 Å². The first kappa shape index (κ1) is 20.6. The summed E-state index contributed by atoms with van der Waals surface area (Å²) < 4.78 is 10.7. The minimum atomic E-state index is -0.453. The second-order valence-corrected chi connectivity index (χ2v) is 7.10. The monoisotopic (exact) mass is 414 g/mol. The Balaban J connectivity index is 1.66. The molecule has 0 aromatic heterocycles. The largest absolute Gasteiger partial charge is 0.489 e. The van der Waals surface area contributed by atoms with Crippen LogP contribution < -0.4 is 4.74 Å². The fourth-order valence-corrected chi connectivity index (χ4v) is 3.47. The van der Waals surface area contributed by atoms with E-state index in [9.17, 15) is 19.7 Å². The Morgan fingerprint density at radius 2 is 1.93 bits per heavy atom. The zero-order valence-corrected chi connectivity index (χ0v) is 16.4. The van der Waals surface area contributed by atoms with Gasteiger partial charge in [-0.3, -0.25) is 24.6 Å². The van der Waals surface area contributed by atoms with Crippen molar-refractivity contribution in [3.63, 3.8) is 0 Å². The van der Waals surface area contributed by atoms with Gasteiger partial charge in [0.1, 0.15) is 12.4 Å². The van der Waals surface area contributed by atoms with Crippen molar-refractivity contribution in [2.24, 2.45) is 0 Å². The summed E-state index contributed by atoms with van der Waals surface area (Å²) in [5, 5.41) is 10.4. The van der Waals surface area contributed by atoms with Crippen LogP contribution >= 0.6 is 11.8 Å². The number of nitro groups is 1. The Morgan fingerprint density at radius 3 is 2.62 bits per heavy atom. The van der Waals surface area contributed by atoms with Gasteiger partial charge in [0.2, 0.25) is 0 Å². The van der Waals surface area contributed by atoms with Gasteiger partial charge in [-0.25, -0.2) is 0 Å². The predicted molar refractivity (Wildman–Crippen MR) is 108 cm³/mol. The quantitative estimate of drug-likeness (QED) is 0.367. The number of nitrogens with zero attached hydrogens (tertiary/aromatic N) is 2. The van der Waals surface area contributed by atoms with Gasteiger partial charge in [0.15, 0.2) is 0 Å². The molecular weight excluding hydrogens is 396 g/mol. The van der Waals surface area contributed by atoms with Crippen LogP contribution in [0.25, 0.3) is 6.08 Å². The molecule has 1 fully saturated rings. The van der Waals surface area contributed by atoms with E-state index in [4.69, 9.17) is 9.47 Å². The number of hydrogen-bond donors (Lipinski definition) is 0. The Labute approximate surface area is 171 Å². The summed E-state index contributed by atoms with van der Waals surface area (Å²) >= 11 is 0.894. The van der Waals surface area contributed by atoms with Crippen molar-refractivity contribution in [2.45, 2.75) is 6.61 Å². The summed E-state index contributed by atoms with van der Waals surface area (Å²) in [4.78, 5) is 36.1. The van der Waals surface area contributed by atoms with Gasteiger partial charge in [-0.05, 0) is 53.2 Å². The van der Waals surface area contributed by atoms with Gasteiger partial charge in [-0.1, -0.05) is 12.1 Å². The number of ether oxygens (including phenoxy) is 2. The zero-order valence-electron chi connectivity index (χ0n) is 15.6.